The quantitative estimate of drug-likeness (QED) is 0.507. The summed E-state index contributed by atoms with van der Waals surface area (Å²) in [5.74, 6) is 0.00333. The van der Waals surface area contributed by atoms with Gasteiger partial charge >= 0.3 is 6.18 Å². The number of hydrogen-bond acceptors (Lipinski definition) is 5. The summed E-state index contributed by atoms with van der Waals surface area (Å²) in [4.78, 5) is 27.1. The van der Waals surface area contributed by atoms with Crippen LogP contribution in [0.3, 0.4) is 0 Å². The van der Waals surface area contributed by atoms with Gasteiger partial charge in [-0.15, -0.1) is 0 Å². The molecule has 0 bridgehead atoms. The highest BCUT2D eigenvalue weighted by atomic mass is 19.4. The van der Waals surface area contributed by atoms with E-state index in [0.29, 0.717) is 22.3 Å². The van der Waals surface area contributed by atoms with Crippen LogP contribution < -0.4 is 10.1 Å². The van der Waals surface area contributed by atoms with E-state index in [0.717, 1.165) is 38.1 Å². The first kappa shape index (κ1) is 24.6. The fourth-order valence-corrected chi connectivity index (χ4v) is 4.44. The normalized spacial score (nSPS) is 15.2. The van der Waals surface area contributed by atoms with Gasteiger partial charge in [-0.05, 0) is 58.0 Å². The molecule has 1 saturated heterocycles. The number of carbonyl (C=O) groups excluding carboxylic acids is 1. The van der Waals surface area contributed by atoms with Crippen LogP contribution in [0.1, 0.15) is 48.3 Å². The lowest BCUT2D eigenvalue weighted by Crippen LogP contribution is -2.43. The molecule has 7 nitrogen and oxygen atoms in total. The van der Waals surface area contributed by atoms with Crippen LogP contribution in [0.5, 0.6) is 5.75 Å². The highest BCUT2D eigenvalue weighted by molar-refractivity contribution is 6.09. The van der Waals surface area contributed by atoms with Gasteiger partial charge in [0.1, 0.15) is 23.3 Å². The summed E-state index contributed by atoms with van der Waals surface area (Å²) >= 11 is 0. The number of halogens is 3. The van der Waals surface area contributed by atoms with Crippen LogP contribution in [0.15, 0.2) is 36.8 Å². The highest BCUT2D eigenvalue weighted by Gasteiger charge is 2.32. The number of allylic oxidation sites excluding steroid dienone is 1. The minimum atomic E-state index is -4.52. The summed E-state index contributed by atoms with van der Waals surface area (Å²) in [7, 11) is 0. The first-order chi connectivity index (χ1) is 16.7. The SMILES string of the molecule is CC=CN1CCC(NC(=O)c2c(C)[nH]c3c(-c4cc(C(F)(F)F)ccc4OCC)ncnc23)CC1. The van der Waals surface area contributed by atoms with Gasteiger partial charge in [-0.1, -0.05) is 6.08 Å². The van der Waals surface area contributed by atoms with Gasteiger partial charge in [0.05, 0.1) is 23.3 Å². The summed E-state index contributed by atoms with van der Waals surface area (Å²) in [5, 5.41) is 3.09. The van der Waals surface area contributed by atoms with Crippen molar-refractivity contribution in [3.05, 3.63) is 53.6 Å². The largest absolute Gasteiger partial charge is 0.493 e. The van der Waals surface area contributed by atoms with E-state index in [1.54, 1.807) is 13.8 Å². The van der Waals surface area contributed by atoms with Crippen molar-refractivity contribution in [1.29, 1.82) is 0 Å². The maximum atomic E-state index is 13.4. The topological polar surface area (TPSA) is 83.1 Å². The number of nitrogens with one attached hydrogen (secondary N) is 2. The fourth-order valence-electron chi connectivity index (χ4n) is 4.44. The second-order valence-corrected chi connectivity index (χ2v) is 8.48. The summed E-state index contributed by atoms with van der Waals surface area (Å²) in [6.45, 7) is 7.44. The van der Waals surface area contributed by atoms with Gasteiger partial charge in [0, 0.05) is 30.4 Å². The Morgan fingerprint density at radius 2 is 2.03 bits per heavy atom. The van der Waals surface area contributed by atoms with Crippen molar-refractivity contribution in [3.63, 3.8) is 0 Å². The zero-order valence-corrected chi connectivity index (χ0v) is 19.9. The molecule has 4 rings (SSSR count). The third kappa shape index (κ3) is 5.11. The van der Waals surface area contributed by atoms with Gasteiger partial charge in [0.2, 0.25) is 0 Å². The number of hydrogen-bond donors (Lipinski definition) is 2. The van der Waals surface area contributed by atoms with Crippen molar-refractivity contribution in [2.45, 2.75) is 45.8 Å². The molecule has 0 saturated carbocycles. The molecular weight excluding hydrogens is 459 g/mol. The first-order valence-electron chi connectivity index (χ1n) is 11.6. The molecule has 10 heteroatoms. The number of aryl methyl sites for hydroxylation is 1. The van der Waals surface area contributed by atoms with Crippen molar-refractivity contribution >= 4 is 16.9 Å². The average Bonchev–Trinajstić information content (AvgIpc) is 3.16. The molecule has 0 aliphatic carbocycles. The number of fused-ring (bicyclic) bond motifs is 1. The monoisotopic (exact) mass is 487 g/mol. The van der Waals surface area contributed by atoms with Gasteiger partial charge in [-0.2, -0.15) is 13.2 Å². The van der Waals surface area contributed by atoms with E-state index in [2.05, 4.69) is 25.2 Å². The number of carbonyl (C=O) groups is 1. The van der Waals surface area contributed by atoms with Gasteiger partial charge in [0.25, 0.3) is 5.91 Å². The van der Waals surface area contributed by atoms with E-state index in [9.17, 15) is 18.0 Å². The molecule has 1 amide bonds. The standard InChI is InChI=1S/C25H28F3N5O2/c1-4-10-33-11-8-17(9-12-33)32-24(34)20-15(3)31-23-21(29-14-30-22(20)23)18-13-16(25(26,27)28)6-7-19(18)35-5-2/h4,6-7,10,13-14,17,31H,5,8-9,11-12H2,1-3H3,(H,32,34). The number of piperidine rings is 1. The molecule has 1 aromatic carbocycles. The number of H-pyrrole nitrogens is 1. The Morgan fingerprint density at radius 3 is 2.69 bits per heavy atom. The molecule has 1 fully saturated rings. The highest BCUT2D eigenvalue weighted by Crippen LogP contribution is 2.39. The lowest BCUT2D eigenvalue weighted by molar-refractivity contribution is -0.137. The van der Waals surface area contributed by atoms with Crippen molar-refractivity contribution in [3.8, 4) is 17.0 Å². The van der Waals surface area contributed by atoms with Crippen molar-refractivity contribution in [2.24, 2.45) is 0 Å². The molecule has 2 N–H and O–H groups in total. The Hall–Kier alpha value is -3.56. The third-order valence-corrected chi connectivity index (χ3v) is 6.09. The molecule has 1 aliphatic heterocycles. The number of alkyl halides is 3. The molecule has 3 heterocycles. The van der Waals surface area contributed by atoms with Crippen LogP contribution in [0.4, 0.5) is 13.2 Å². The minimum Gasteiger partial charge on any atom is -0.493 e. The molecule has 2 aromatic heterocycles. The van der Waals surface area contributed by atoms with E-state index < -0.39 is 11.7 Å². The maximum absolute atomic E-state index is 13.4. The van der Waals surface area contributed by atoms with E-state index in [1.165, 1.54) is 12.4 Å². The van der Waals surface area contributed by atoms with Crippen LogP contribution in [0.2, 0.25) is 0 Å². The molecule has 3 aromatic rings. The van der Waals surface area contributed by atoms with Gasteiger partial charge in [-0.25, -0.2) is 9.97 Å². The third-order valence-electron chi connectivity index (χ3n) is 6.09. The van der Waals surface area contributed by atoms with Crippen molar-refractivity contribution in [2.75, 3.05) is 19.7 Å². The van der Waals surface area contributed by atoms with Crippen LogP contribution >= 0.6 is 0 Å². The molecule has 0 radical (unpaired) electrons. The number of likely N-dealkylation sites (tertiary alicyclic amines) is 1. The van der Waals surface area contributed by atoms with Crippen LogP contribution in [0.25, 0.3) is 22.3 Å². The van der Waals surface area contributed by atoms with Crippen molar-refractivity contribution in [1.82, 2.24) is 25.2 Å². The second kappa shape index (κ2) is 9.97. The summed E-state index contributed by atoms with van der Waals surface area (Å²) < 4.78 is 45.9. The number of rotatable bonds is 6. The maximum Gasteiger partial charge on any atom is 0.416 e. The number of benzene rings is 1. The van der Waals surface area contributed by atoms with Gasteiger partial charge in [-0.3, -0.25) is 4.79 Å². The predicted octanol–water partition coefficient (Wildman–Crippen LogP) is 5.08. The zero-order chi connectivity index (χ0) is 25.2. The summed E-state index contributed by atoms with van der Waals surface area (Å²) in [5.41, 5.74) is 1.28. The Morgan fingerprint density at radius 1 is 1.29 bits per heavy atom. The number of nitrogens with zero attached hydrogens (tertiary/aromatic N) is 3. The number of amides is 1. The Labute approximate surface area is 201 Å². The number of ether oxygens (including phenoxy) is 1. The number of aromatic amines is 1. The second-order valence-electron chi connectivity index (χ2n) is 8.48. The average molecular weight is 488 g/mol. The molecular formula is C25H28F3N5O2. The lowest BCUT2D eigenvalue weighted by Gasteiger charge is -2.31. The molecule has 0 spiro atoms. The Kier molecular flexibility index (Phi) is 7.00. The predicted molar refractivity (Wildman–Crippen MR) is 127 cm³/mol. The molecule has 1 aliphatic rings. The lowest BCUT2D eigenvalue weighted by atomic mass is 10.0. The first-order valence-corrected chi connectivity index (χ1v) is 11.6. The van der Waals surface area contributed by atoms with E-state index >= 15 is 0 Å². The van der Waals surface area contributed by atoms with Gasteiger partial charge < -0.3 is 19.9 Å². The summed E-state index contributed by atoms with van der Waals surface area (Å²) in [6, 6.07) is 3.32. The Balaban J connectivity index is 1.70. The van der Waals surface area contributed by atoms with Gasteiger partial charge in [0.15, 0.2) is 0 Å². The Bertz CT molecular complexity index is 1240. The zero-order valence-electron chi connectivity index (χ0n) is 19.9. The van der Waals surface area contributed by atoms with E-state index in [4.69, 9.17) is 4.74 Å². The van der Waals surface area contributed by atoms with E-state index in [-0.39, 0.29) is 35.6 Å². The van der Waals surface area contributed by atoms with Crippen molar-refractivity contribution < 1.29 is 22.7 Å². The van der Waals surface area contributed by atoms with E-state index in [1.807, 2.05) is 19.2 Å². The smallest absolute Gasteiger partial charge is 0.416 e. The fraction of sp³-hybridized carbons (Fsp3) is 0.400. The van der Waals surface area contributed by atoms with Crippen LogP contribution in [0, 0.1) is 6.92 Å². The molecule has 0 unspecified atom stereocenters. The van der Waals surface area contributed by atoms with Crippen LogP contribution in [-0.2, 0) is 6.18 Å². The van der Waals surface area contributed by atoms with Crippen LogP contribution in [-0.4, -0.2) is 51.5 Å². The number of aromatic nitrogens is 3. The molecule has 35 heavy (non-hydrogen) atoms. The molecule has 186 valence electrons. The molecule has 0 atom stereocenters. The summed E-state index contributed by atoms with van der Waals surface area (Å²) in [6.07, 6.45) is 2.41. The minimum absolute atomic E-state index is 0.0303.